The van der Waals surface area contributed by atoms with Crippen LogP contribution in [0, 0.1) is 6.92 Å². The first-order valence-electron chi connectivity index (χ1n) is 6.15. The molecule has 0 fully saturated rings. The molecule has 0 bridgehead atoms. The number of nitrogen functional groups attached to an aromatic ring is 1. The molecule has 0 unspecified atom stereocenters. The Morgan fingerprint density at radius 1 is 1.15 bits per heavy atom. The summed E-state index contributed by atoms with van der Waals surface area (Å²) in [7, 11) is -1.98. The van der Waals surface area contributed by atoms with Crippen LogP contribution in [0.25, 0.3) is 0 Å². The van der Waals surface area contributed by atoms with Crippen LogP contribution in [0.1, 0.15) is 11.1 Å². The van der Waals surface area contributed by atoms with Gasteiger partial charge in [-0.2, -0.15) is 0 Å². The second kappa shape index (κ2) is 5.54. The summed E-state index contributed by atoms with van der Waals surface area (Å²) in [6.07, 6.45) is 0. The zero-order valence-corrected chi connectivity index (χ0v) is 12.3. The molecule has 0 saturated carbocycles. The summed E-state index contributed by atoms with van der Waals surface area (Å²) < 4.78 is 30.2. The maximum Gasteiger partial charge on any atom is 0.184 e. The second-order valence-corrected chi connectivity index (χ2v) is 6.57. The van der Waals surface area contributed by atoms with Crippen molar-refractivity contribution in [3.05, 3.63) is 53.6 Å². The van der Waals surface area contributed by atoms with Crippen LogP contribution in [0.15, 0.2) is 47.4 Å². The molecule has 106 valence electrons. The first kappa shape index (κ1) is 14.4. The van der Waals surface area contributed by atoms with Gasteiger partial charge >= 0.3 is 0 Å². The number of aryl methyl sites for hydroxylation is 1. The maximum absolute atomic E-state index is 12.5. The van der Waals surface area contributed by atoms with E-state index in [1.807, 2.05) is 6.92 Å². The van der Waals surface area contributed by atoms with Gasteiger partial charge < -0.3 is 10.5 Å². The predicted molar refractivity (Wildman–Crippen MR) is 79.5 cm³/mol. The molecular formula is C15H17NO3S. The summed E-state index contributed by atoms with van der Waals surface area (Å²) in [6.45, 7) is 1.83. The molecule has 0 atom stereocenters. The van der Waals surface area contributed by atoms with Crippen LogP contribution in [0.4, 0.5) is 5.69 Å². The first-order chi connectivity index (χ1) is 9.44. The van der Waals surface area contributed by atoms with E-state index in [4.69, 9.17) is 10.5 Å². The molecule has 0 spiro atoms. The Balaban J connectivity index is 2.43. The molecule has 2 aromatic rings. The van der Waals surface area contributed by atoms with Gasteiger partial charge in [0.05, 0.1) is 23.4 Å². The highest BCUT2D eigenvalue weighted by Gasteiger charge is 2.20. The number of anilines is 1. The largest absolute Gasteiger partial charge is 0.496 e. The van der Waals surface area contributed by atoms with E-state index in [1.165, 1.54) is 7.11 Å². The van der Waals surface area contributed by atoms with Crippen molar-refractivity contribution >= 4 is 15.5 Å². The molecule has 4 nitrogen and oxygen atoms in total. The topological polar surface area (TPSA) is 69.4 Å². The zero-order valence-electron chi connectivity index (χ0n) is 11.5. The van der Waals surface area contributed by atoms with E-state index < -0.39 is 9.84 Å². The van der Waals surface area contributed by atoms with E-state index in [2.05, 4.69) is 0 Å². The van der Waals surface area contributed by atoms with Gasteiger partial charge in [0.2, 0.25) is 0 Å². The average Bonchev–Trinajstić information content (AvgIpc) is 2.41. The molecule has 0 saturated heterocycles. The lowest BCUT2D eigenvalue weighted by molar-refractivity contribution is 0.411. The fourth-order valence-corrected chi connectivity index (χ4v) is 3.61. The van der Waals surface area contributed by atoms with Gasteiger partial charge in [-0.25, -0.2) is 8.42 Å². The van der Waals surface area contributed by atoms with E-state index >= 15 is 0 Å². The third-order valence-corrected chi connectivity index (χ3v) is 4.76. The Morgan fingerprint density at radius 2 is 1.85 bits per heavy atom. The minimum atomic E-state index is -3.50. The van der Waals surface area contributed by atoms with E-state index in [1.54, 1.807) is 42.5 Å². The van der Waals surface area contributed by atoms with Gasteiger partial charge in [0.25, 0.3) is 0 Å². The molecule has 0 radical (unpaired) electrons. The third-order valence-electron chi connectivity index (χ3n) is 3.04. The first-order valence-corrected chi connectivity index (χ1v) is 7.80. The van der Waals surface area contributed by atoms with Gasteiger partial charge in [-0.05, 0) is 30.7 Å². The third kappa shape index (κ3) is 2.93. The molecular weight excluding hydrogens is 274 g/mol. The lowest BCUT2D eigenvalue weighted by Gasteiger charge is -2.11. The molecule has 0 amide bonds. The predicted octanol–water partition coefficient (Wildman–Crippen LogP) is 2.56. The standard InChI is InChI=1S/C15H17NO3S/c1-11-7-8-13(16)15(9-11)20(17,18)10-12-5-3-4-6-14(12)19-2/h3-9H,10,16H2,1-2H3. The van der Waals surface area contributed by atoms with Gasteiger partial charge in [-0.1, -0.05) is 24.3 Å². The monoisotopic (exact) mass is 291 g/mol. The van der Waals surface area contributed by atoms with Crippen molar-refractivity contribution in [2.45, 2.75) is 17.6 Å². The molecule has 0 aliphatic heterocycles. The molecule has 0 aliphatic rings. The van der Waals surface area contributed by atoms with Crippen molar-refractivity contribution in [2.75, 3.05) is 12.8 Å². The van der Waals surface area contributed by atoms with Crippen molar-refractivity contribution in [1.82, 2.24) is 0 Å². The summed E-state index contributed by atoms with van der Waals surface area (Å²) in [6, 6.07) is 12.1. The number of para-hydroxylation sites is 1. The number of hydrogen-bond acceptors (Lipinski definition) is 4. The SMILES string of the molecule is COc1ccccc1CS(=O)(=O)c1cc(C)ccc1N. The highest BCUT2D eigenvalue weighted by atomic mass is 32.2. The normalized spacial score (nSPS) is 11.3. The number of hydrogen-bond donors (Lipinski definition) is 1. The summed E-state index contributed by atoms with van der Waals surface area (Å²) in [4.78, 5) is 0.170. The lowest BCUT2D eigenvalue weighted by Crippen LogP contribution is -2.09. The van der Waals surface area contributed by atoms with Crippen LogP contribution in [-0.4, -0.2) is 15.5 Å². The summed E-state index contributed by atoms with van der Waals surface area (Å²) in [5.41, 5.74) is 7.54. The Morgan fingerprint density at radius 3 is 2.55 bits per heavy atom. The van der Waals surface area contributed by atoms with Gasteiger partial charge in [0.1, 0.15) is 5.75 Å². The minimum Gasteiger partial charge on any atom is -0.496 e. The fraction of sp³-hybridized carbons (Fsp3) is 0.200. The quantitative estimate of drug-likeness (QED) is 0.879. The highest BCUT2D eigenvalue weighted by Crippen LogP contribution is 2.27. The molecule has 20 heavy (non-hydrogen) atoms. The van der Waals surface area contributed by atoms with E-state index in [0.717, 1.165) is 5.56 Å². The van der Waals surface area contributed by atoms with E-state index in [-0.39, 0.29) is 16.3 Å². The number of sulfone groups is 1. The Kier molecular flexibility index (Phi) is 3.99. The molecule has 2 N–H and O–H groups in total. The summed E-state index contributed by atoms with van der Waals surface area (Å²) in [5.74, 6) is 0.423. The summed E-state index contributed by atoms with van der Waals surface area (Å²) in [5, 5.41) is 0. The van der Waals surface area contributed by atoms with Crippen LogP contribution in [0.3, 0.4) is 0 Å². The van der Waals surface area contributed by atoms with Crippen LogP contribution in [0.5, 0.6) is 5.75 Å². The highest BCUT2D eigenvalue weighted by molar-refractivity contribution is 7.90. The van der Waals surface area contributed by atoms with Crippen molar-refractivity contribution in [2.24, 2.45) is 0 Å². The van der Waals surface area contributed by atoms with Gasteiger partial charge in [0, 0.05) is 5.56 Å². The summed E-state index contributed by atoms with van der Waals surface area (Å²) >= 11 is 0. The Labute approximate surface area is 119 Å². The smallest absolute Gasteiger partial charge is 0.184 e. The number of ether oxygens (including phenoxy) is 1. The van der Waals surface area contributed by atoms with Crippen LogP contribution in [-0.2, 0) is 15.6 Å². The number of benzene rings is 2. The molecule has 2 aromatic carbocycles. The second-order valence-electron chi connectivity index (χ2n) is 4.61. The van der Waals surface area contributed by atoms with Gasteiger partial charge in [-0.3, -0.25) is 0 Å². The van der Waals surface area contributed by atoms with Crippen LogP contribution in [0.2, 0.25) is 0 Å². The lowest BCUT2D eigenvalue weighted by atomic mass is 10.2. The van der Waals surface area contributed by atoms with Crippen molar-refractivity contribution in [1.29, 1.82) is 0 Å². The van der Waals surface area contributed by atoms with Crippen LogP contribution < -0.4 is 10.5 Å². The van der Waals surface area contributed by atoms with Gasteiger partial charge in [0.15, 0.2) is 9.84 Å². The number of rotatable bonds is 4. The van der Waals surface area contributed by atoms with Crippen LogP contribution >= 0.6 is 0 Å². The molecule has 5 heteroatoms. The van der Waals surface area contributed by atoms with Crippen molar-refractivity contribution in [3.63, 3.8) is 0 Å². The zero-order chi connectivity index (χ0) is 14.8. The number of nitrogens with two attached hydrogens (primary N) is 1. The Hall–Kier alpha value is -2.01. The molecule has 2 rings (SSSR count). The molecule has 0 aromatic heterocycles. The fourth-order valence-electron chi connectivity index (χ4n) is 2.02. The maximum atomic E-state index is 12.5. The Bertz CT molecular complexity index is 724. The van der Waals surface area contributed by atoms with E-state index in [0.29, 0.717) is 11.3 Å². The van der Waals surface area contributed by atoms with Crippen molar-refractivity contribution in [3.8, 4) is 5.75 Å². The number of methoxy groups -OCH3 is 1. The van der Waals surface area contributed by atoms with Crippen molar-refractivity contribution < 1.29 is 13.2 Å². The van der Waals surface area contributed by atoms with Gasteiger partial charge in [-0.15, -0.1) is 0 Å². The average molecular weight is 291 g/mol. The molecule has 0 aliphatic carbocycles. The molecule has 0 heterocycles. The minimum absolute atomic E-state index is 0.134. The van der Waals surface area contributed by atoms with E-state index in [9.17, 15) is 8.42 Å².